The highest BCUT2D eigenvalue weighted by atomic mass is 19.4. The maximum atomic E-state index is 13.3. The molecule has 1 aromatic carbocycles. The maximum Gasteiger partial charge on any atom is 0.416 e. The highest BCUT2D eigenvalue weighted by Gasteiger charge is 2.31. The molecule has 2 aromatic rings. The number of nitrogens with zero attached hydrogens (tertiary/aromatic N) is 3. The molecule has 1 heterocycles. The lowest BCUT2D eigenvalue weighted by Gasteiger charge is -2.17. The van der Waals surface area contributed by atoms with Crippen LogP contribution in [0, 0.1) is 5.82 Å². The number of alkyl halides is 3. The highest BCUT2D eigenvalue weighted by Crippen LogP contribution is 2.31. The molecule has 0 fully saturated rings. The predicted octanol–water partition coefficient (Wildman–Crippen LogP) is 3.84. The Bertz CT molecular complexity index is 745. The van der Waals surface area contributed by atoms with Gasteiger partial charge >= 0.3 is 12.2 Å². The van der Waals surface area contributed by atoms with Gasteiger partial charge in [0.15, 0.2) is 5.82 Å². The van der Waals surface area contributed by atoms with Gasteiger partial charge in [-0.05, 0) is 24.6 Å². The molecule has 2 rings (SSSR count). The zero-order valence-corrected chi connectivity index (χ0v) is 13.5. The number of hydrogen-bond acceptors (Lipinski definition) is 4. The van der Waals surface area contributed by atoms with E-state index in [1.165, 1.54) is 7.05 Å². The number of anilines is 1. The van der Waals surface area contributed by atoms with Gasteiger partial charge in [-0.15, -0.1) is 0 Å². The molecule has 0 unspecified atom stereocenters. The van der Waals surface area contributed by atoms with E-state index in [1.54, 1.807) is 0 Å². The molecule has 25 heavy (non-hydrogen) atoms. The average molecular weight is 360 g/mol. The van der Waals surface area contributed by atoms with Crippen LogP contribution in [0.15, 0.2) is 22.7 Å². The number of nitrogens with one attached hydrogen (secondary N) is 1. The molecule has 0 spiro atoms. The predicted molar refractivity (Wildman–Crippen MR) is 80.2 cm³/mol. The topological polar surface area (TPSA) is 71.3 Å². The summed E-state index contributed by atoms with van der Waals surface area (Å²) in [6, 6.07) is 1.08. The van der Waals surface area contributed by atoms with E-state index < -0.39 is 23.6 Å². The Kier molecular flexibility index (Phi) is 5.60. The van der Waals surface area contributed by atoms with Crippen molar-refractivity contribution in [2.75, 3.05) is 12.4 Å². The zero-order valence-electron chi connectivity index (χ0n) is 13.5. The Hall–Kier alpha value is -2.65. The summed E-state index contributed by atoms with van der Waals surface area (Å²) in [5.41, 5.74) is -1.49. The largest absolute Gasteiger partial charge is 0.416 e. The van der Waals surface area contributed by atoms with E-state index in [0.717, 1.165) is 17.4 Å². The number of aromatic nitrogens is 2. The van der Waals surface area contributed by atoms with Crippen LogP contribution in [0.25, 0.3) is 0 Å². The lowest BCUT2D eigenvalue weighted by molar-refractivity contribution is -0.137. The average Bonchev–Trinajstić information content (AvgIpc) is 2.93. The third-order valence-electron chi connectivity index (χ3n) is 3.18. The first-order chi connectivity index (χ1) is 11.7. The fraction of sp³-hybridized carbons (Fsp3) is 0.400. The number of halogens is 4. The van der Waals surface area contributed by atoms with Gasteiger partial charge in [0, 0.05) is 19.2 Å². The maximum absolute atomic E-state index is 13.3. The van der Waals surface area contributed by atoms with Gasteiger partial charge in [-0.2, -0.15) is 18.2 Å². The second kappa shape index (κ2) is 7.49. The minimum Gasteiger partial charge on any atom is -0.339 e. The second-order valence-corrected chi connectivity index (χ2v) is 5.37. The van der Waals surface area contributed by atoms with Crippen LogP contribution in [0.2, 0.25) is 0 Å². The van der Waals surface area contributed by atoms with Gasteiger partial charge in [-0.25, -0.2) is 9.18 Å². The van der Waals surface area contributed by atoms with Crippen molar-refractivity contribution < 1.29 is 26.9 Å². The highest BCUT2D eigenvalue weighted by molar-refractivity contribution is 5.89. The van der Waals surface area contributed by atoms with E-state index in [9.17, 15) is 22.4 Å². The van der Waals surface area contributed by atoms with Gasteiger partial charge in [-0.1, -0.05) is 12.1 Å². The van der Waals surface area contributed by atoms with Crippen LogP contribution in [0.1, 0.15) is 30.6 Å². The molecule has 136 valence electrons. The summed E-state index contributed by atoms with van der Waals surface area (Å²) in [4.78, 5) is 17.3. The standard InChI is InChI=1S/C15H16F4N4O2/c1-3-4-13-21-12(22-25-13)8-23(2)14(24)20-11-6-9(15(17,18)19)5-10(16)7-11/h5-7H,3-4,8H2,1-2H3,(H,20,24). The molecule has 0 aliphatic carbocycles. The number of rotatable bonds is 5. The number of carbonyl (C=O) groups is 1. The molecule has 0 bridgehead atoms. The first-order valence-corrected chi connectivity index (χ1v) is 7.40. The van der Waals surface area contributed by atoms with Gasteiger partial charge in [0.05, 0.1) is 12.1 Å². The lowest BCUT2D eigenvalue weighted by atomic mass is 10.2. The Labute approximate surface area is 140 Å². The number of carbonyl (C=O) groups excluding carboxylic acids is 1. The van der Waals surface area contributed by atoms with E-state index in [4.69, 9.17) is 4.52 Å². The van der Waals surface area contributed by atoms with Gasteiger partial charge in [0.25, 0.3) is 0 Å². The second-order valence-electron chi connectivity index (χ2n) is 5.37. The van der Waals surface area contributed by atoms with Crippen LogP contribution in [0.5, 0.6) is 0 Å². The Morgan fingerprint density at radius 1 is 1.32 bits per heavy atom. The van der Waals surface area contributed by atoms with Gasteiger partial charge in [0.1, 0.15) is 5.82 Å². The molecule has 0 aliphatic rings. The van der Waals surface area contributed by atoms with Gasteiger partial charge in [-0.3, -0.25) is 0 Å². The quantitative estimate of drug-likeness (QED) is 0.823. The number of amides is 2. The number of aryl methyl sites for hydroxylation is 1. The van der Waals surface area contributed by atoms with Crippen LogP contribution in [0.3, 0.4) is 0 Å². The molecule has 0 radical (unpaired) electrons. The summed E-state index contributed by atoms with van der Waals surface area (Å²) in [6.45, 7) is 1.93. The van der Waals surface area contributed by atoms with Crippen LogP contribution in [-0.4, -0.2) is 28.1 Å². The molecular formula is C15H16F4N4O2. The first kappa shape index (κ1) is 18.7. The van der Waals surface area contributed by atoms with E-state index in [-0.39, 0.29) is 18.1 Å². The molecule has 1 N–H and O–H groups in total. The normalized spacial score (nSPS) is 11.4. The Morgan fingerprint density at radius 3 is 2.68 bits per heavy atom. The van der Waals surface area contributed by atoms with Crippen molar-refractivity contribution in [3.63, 3.8) is 0 Å². The van der Waals surface area contributed by atoms with Crippen LogP contribution < -0.4 is 5.32 Å². The summed E-state index contributed by atoms with van der Waals surface area (Å²) in [6.07, 6.45) is -3.29. The smallest absolute Gasteiger partial charge is 0.339 e. The van der Waals surface area contributed by atoms with Crippen molar-refractivity contribution in [2.24, 2.45) is 0 Å². The van der Waals surface area contributed by atoms with E-state index in [1.807, 2.05) is 6.92 Å². The van der Waals surface area contributed by atoms with Crippen molar-refractivity contribution in [2.45, 2.75) is 32.5 Å². The zero-order chi connectivity index (χ0) is 18.6. The van der Waals surface area contributed by atoms with E-state index >= 15 is 0 Å². The number of urea groups is 1. The third-order valence-corrected chi connectivity index (χ3v) is 3.18. The molecule has 0 aliphatic heterocycles. The molecule has 1 aromatic heterocycles. The fourth-order valence-corrected chi connectivity index (χ4v) is 2.00. The molecular weight excluding hydrogens is 344 g/mol. The molecule has 0 atom stereocenters. The molecule has 10 heteroatoms. The summed E-state index contributed by atoms with van der Waals surface area (Å²) in [5.74, 6) is -0.405. The molecule has 0 saturated carbocycles. The van der Waals surface area contributed by atoms with Crippen LogP contribution >= 0.6 is 0 Å². The monoisotopic (exact) mass is 360 g/mol. The SMILES string of the molecule is CCCc1nc(CN(C)C(=O)Nc2cc(F)cc(C(F)(F)F)c2)no1. The number of hydrogen-bond donors (Lipinski definition) is 1. The third kappa shape index (κ3) is 5.16. The summed E-state index contributed by atoms with van der Waals surface area (Å²) < 4.78 is 56.4. The Morgan fingerprint density at radius 2 is 2.04 bits per heavy atom. The van der Waals surface area contributed by atoms with Crippen LogP contribution in [0.4, 0.5) is 28.0 Å². The molecule has 2 amide bonds. The van der Waals surface area contributed by atoms with Crippen molar-refractivity contribution in [3.05, 3.63) is 41.3 Å². The number of benzene rings is 1. The van der Waals surface area contributed by atoms with Gasteiger partial charge in [0.2, 0.25) is 5.89 Å². The summed E-state index contributed by atoms with van der Waals surface area (Å²) in [7, 11) is 1.40. The minimum absolute atomic E-state index is 0.0134. The fourth-order valence-electron chi connectivity index (χ4n) is 2.00. The lowest BCUT2D eigenvalue weighted by Crippen LogP contribution is -2.31. The summed E-state index contributed by atoms with van der Waals surface area (Å²) >= 11 is 0. The van der Waals surface area contributed by atoms with Crippen molar-refractivity contribution in [1.29, 1.82) is 0 Å². The first-order valence-electron chi connectivity index (χ1n) is 7.40. The molecule has 0 saturated heterocycles. The van der Waals surface area contributed by atoms with Gasteiger partial charge < -0.3 is 14.7 Å². The van der Waals surface area contributed by atoms with E-state index in [0.29, 0.717) is 24.4 Å². The van der Waals surface area contributed by atoms with Crippen molar-refractivity contribution in [1.82, 2.24) is 15.0 Å². The minimum atomic E-state index is -4.71. The Balaban J connectivity index is 2.04. The van der Waals surface area contributed by atoms with E-state index in [2.05, 4.69) is 15.5 Å². The molecule has 6 nitrogen and oxygen atoms in total. The van der Waals surface area contributed by atoms with Crippen molar-refractivity contribution in [3.8, 4) is 0 Å². The summed E-state index contributed by atoms with van der Waals surface area (Å²) in [5, 5.41) is 5.92. The van der Waals surface area contributed by atoms with Crippen LogP contribution in [-0.2, 0) is 19.1 Å². The van der Waals surface area contributed by atoms with Crippen molar-refractivity contribution >= 4 is 11.7 Å².